The van der Waals surface area contributed by atoms with Crippen molar-refractivity contribution in [3.8, 4) is 0 Å². The molecular formula is C16H21NO3. The molecule has 108 valence electrons. The highest BCUT2D eigenvalue weighted by molar-refractivity contribution is 5.93. The van der Waals surface area contributed by atoms with Crippen molar-refractivity contribution in [1.82, 2.24) is 5.32 Å². The van der Waals surface area contributed by atoms with Crippen LogP contribution in [0.4, 0.5) is 0 Å². The van der Waals surface area contributed by atoms with E-state index in [0.717, 1.165) is 5.56 Å². The average Bonchev–Trinajstić information content (AvgIpc) is 2.48. The van der Waals surface area contributed by atoms with Crippen LogP contribution in [0.15, 0.2) is 48.2 Å². The van der Waals surface area contributed by atoms with Gasteiger partial charge < -0.3 is 10.1 Å². The first-order valence-corrected chi connectivity index (χ1v) is 6.43. The topological polar surface area (TPSA) is 55.4 Å². The molecule has 0 saturated heterocycles. The zero-order chi connectivity index (χ0) is 15.4. The van der Waals surface area contributed by atoms with Crippen LogP contribution in [0.2, 0.25) is 0 Å². The third-order valence-electron chi connectivity index (χ3n) is 2.07. The standard InChI is InChI=1S/C14H15NO3.C2H6/c1-11(16)15-13(14(17)18-2)10-6-9-12-7-4-3-5-8-12;1-2/h3-10H,1-2H3,(H,15,16);1-2H3/b9-6+,13-10-;. The van der Waals surface area contributed by atoms with Crippen LogP contribution in [0.5, 0.6) is 0 Å². The SMILES string of the molecule is CC.COC(=O)/C(=C/C=C/c1ccccc1)NC(C)=O. The Kier molecular flexibility index (Phi) is 9.31. The van der Waals surface area contributed by atoms with E-state index in [-0.39, 0.29) is 11.6 Å². The number of ether oxygens (including phenoxy) is 1. The molecule has 0 fully saturated rings. The zero-order valence-electron chi connectivity index (χ0n) is 12.3. The lowest BCUT2D eigenvalue weighted by Gasteiger charge is -2.04. The molecule has 0 unspecified atom stereocenters. The molecule has 0 spiro atoms. The van der Waals surface area contributed by atoms with Crippen LogP contribution in [-0.4, -0.2) is 19.0 Å². The van der Waals surface area contributed by atoms with Gasteiger partial charge in [0.2, 0.25) is 5.91 Å². The fourth-order valence-electron chi connectivity index (χ4n) is 1.28. The molecule has 1 aromatic carbocycles. The van der Waals surface area contributed by atoms with E-state index in [1.165, 1.54) is 20.1 Å². The molecule has 20 heavy (non-hydrogen) atoms. The van der Waals surface area contributed by atoms with Gasteiger partial charge in [-0.25, -0.2) is 4.79 Å². The summed E-state index contributed by atoms with van der Waals surface area (Å²) in [5.74, 6) is -0.900. The van der Waals surface area contributed by atoms with E-state index in [9.17, 15) is 9.59 Å². The van der Waals surface area contributed by atoms with Gasteiger partial charge in [0.15, 0.2) is 0 Å². The Morgan fingerprint density at radius 3 is 2.25 bits per heavy atom. The van der Waals surface area contributed by atoms with Crippen molar-refractivity contribution in [1.29, 1.82) is 0 Å². The van der Waals surface area contributed by atoms with E-state index in [1.54, 1.807) is 6.08 Å². The number of hydrogen-bond donors (Lipinski definition) is 1. The first-order valence-electron chi connectivity index (χ1n) is 6.43. The number of allylic oxidation sites excluding steroid dienone is 2. The molecule has 0 atom stereocenters. The van der Waals surface area contributed by atoms with Gasteiger partial charge in [-0.1, -0.05) is 56.3 Å². The van der Waals surface area contributed by atoms with Crippen molar-refractivity contribution in [2.24, 2.45) is 0 Å². The number of benzene rings is 1. The maximum atomic E-state index is 11.4. The van der Waals surface area contributed by atoms with Gasteiger partial charge in [-0.3, -0.25) is 4.79 Å². The Morgan fingerprint density at radius 2 is 1.75 bits per heavy atom. The highest BCUT2D eigenvalue weighted by Crippen LogP contribution is 2.02. The van der Waals surface area contributed by atoms with Crippen molar-refractivity contribution in [2.75, 3.05) is 7.11 Å². The monoisotopic (exact) mass is 275 g/mol. The predicted octanol–water partition coefficient (Wildman–Crippen LogP) is 2.92. The summed E-state index contributed by atoms with van der Waals surface area (Å²) >= 11 is 0. The molecular weight excluding hydrogens is 254 g/mol. The zero-order valence-corrected chi connectivity index (χ0v) is 12.3. The maximum Gasteiger partial charge on any atom is 0.354 e. The quantitative estimate of drug-likeness (QED) is 0.522. The van der Waals surface area contributed by atoms with Crippen molar-refractivity contribution < 1.29 is 14.3 Å². The molecule has 4 nitrogen and oxygen atoms in total. The lowest BCUT2D eigenvalue weighted by Crippen LogP contribution is -2.25. The number of carbonyl (C=O) groups is 2. The number of rotatable bonds is 4. The van der Waals surface area contributed by atoms with Crippen molar-refractivity contribution >= 4 is 18.0 Å². The second kappa shape index (κ2) is 10.6. The minimum Gasteiger partial charge on any atom is -0.464 e. The summed E-state index contributed by atoms with van der Waals surface area (Å²) in [6.45, 7) is 5.33. The van der Waals surface area contributed by atoms with Gasteiger partial charge in [-0.15, -0.1) is 0 Å². The smallest absolute Gasteiger partial charge is 0.354 e. The predicted molar refractivity (Wildman–Crippen MR) is 80.7 cm³/mol. The summed E-state index contributed by atoms with van der Waals surface area (Å²) in [6.07, 6.45) is 5.00. The van der Waals surface area contributed by atoms with Gasteiger partial charge in [0, 0.05) is 6.92 Å². The number of amides is 1. The van der Waals surface area contributed by atoms with Crippen LogP contribution in [0.25, 0.3) is 6.08 Å². The maximum absolute atomic E-state index is 11.4. The molecule has 0 heterocycles. The fraction of sp³-hybridized carbons (Fsp3) is 0.250. The van der Waals surface area contributed by atoms with E-state index in [1.807, 2.05) is 50.3 Å². The molecule has 1 aromatic rings. The minimum absolute atomic E-state index is 0.109. The Hall–Kier alpha value is -2.36. The normalized spacial score (nSPS) is 10.5. The van der Waals surface area contributed by atoms with Gasteiger partial charge in [0.1, 0.15) is 5.70 Å². The molecule has 1 rings (SSSR count). The molecule has 0 saturated carbocycles. The Balaban J connectivity index is 0.00000172. The number of nitrogens with one attached hydrogen (secondary N) is 1. The van der Waals surface area contributed by atoms with E-state index in [4.69, 9.17) is 0 Å². The van der Waals surface area contributed by atoms with Gasteiger partial charge in [0.25, 0.3) is 0 Å². The van der Waals surface area contributed by atoms with Crippen LogP contribution < -0.4 is 5.32 Å². The molecule has 1 N–H and O–H groups in total. The van der Waals surface area contributed by atoms with Gasteiger partial charge in [-0.2, -0.15) is 0 Å². The van der Waals surface area contributed by atoms with Crippen molar-refractivity contribution in [3.63, 3.8) is 0 Å². The lowest BCUT2D eigenvalue weighted by molar-refractivity contribution is -0.137. The molecule has 0 aliphatic rings. The second-order valence-corrected chi connectivity index (χ2v) is 3.52. The van der Waals surface area contributed by atoms with Crippen LogP contribution in [0.1, 0.15) is 26.3 Å². The van der Waals surface area contributed by atoms with Gasteiger partial charge in [-0.05, 0) is 11.6 Å². The Morgan fingerprint density at radius 1 is 1.15 bits per heavy atom. The molecule has 0 aliphatic heterocycles. The van der Waals surface area contributed by atoms with E-state index in [2.05, 4.69) is 10.1 Å². The van der Waals surface area contributed by atoms with Crippen molar-refractivity contribution in [3.05, 3.63) is 53.7 Å². The van der Waals surface area contributed by atoms with Crippen LogP contribution in [0.3, 0.4) is 0 Å². The van der Waals surface area contributed by atoms with Crippen LogP contribution >= 0.6 is 0 Å². The summed E-state index contributed by atoms with van der Waals surface area (Å²) < 4.78 is 4.56. The average molecular weight is 275 g/mol. The van der Waals surface area contributed by atoms with E-state index in [0.29, 0.717) is 0 Å². The first-order chi connectivity index (χ1) is 9.63. The minimum atomic E-state index is -0.581. The molecule has 4 heteroatoms. The molecule has 1 amide bonds. The van der Waals surface area contributed by atoms with E-state index >= 15 is 0 Å². The summed E-state index contributed by atoms with van der Waals surface area (Å²) in [5.41, 5.74) is 1.11. The third kappa shape index (κ3) is 7.16. The number of esters is 1. The Bertz CT molecular complexity index is 476. The van der Waals surface area contributed by atoms with Gasteiger partial charge in [0.05, 0.1) is 7.11 Å². The fourth-order valence-corrected chi connectivity index (χ4v) is 1.28. The summed E-state index contributed by atoms with van der Waals surface area (Å²) in [7, 11) is 1.26. The summed E-state index contributed by atoms with van der Waals surface area (Å²) in [5, 5.41) is 2.41. The molecule has 0 aliphatic carbocycles. The largest absolute Gasteiger partial charge is 0.464 e. The number of carbonyl (C=O) groups excluding carboxylic acids is 2. The van der Waals surface area contributed by atoms with Crippen LogP contribution in [-0.2, 0) is 14.3 Å². The first kappa shape index (κ1) is 17.6. The molecule has 0 bridgehead atoms. The van der Waals surface area contributed by atoms with Crippen molar-refractivity contribution in [2.45, 2.75) is 20.8 Å². The van der Waals surface area contributed by atoms with E-state index < -0.39 is 5.97 Å². The summed E-state index contributed by atoms with van der Waals surface area (Å²) in [4.78, 5) is 22.3. The molecule has 0 aromatic heterocycles. The molecule has 0 radical (unpaired) electrons. The Labute approximate surface area is 120 Å². The second-order valence-electron chi connectivity index (χ2n) is 3.52. The highest BCUT2D eigenvalue weighted by atomic mass is 16.5. The third-order valence-corrected chi connectivity index (χ3v) is 2.07. The van der Waals surface area contributed by atoms with Crippen LogP contribution in [0, 0.1) is 0 Å². The summed E-state index contributed by atoms with van der Waals surface area (Å²) in [6, 6.07) is 9.61. The highest BCUT2D eigenvalue weighted by Gasteiger charge is 2.09. The lowest BCUT2D eigenvalue weighted by atomic mass is 10.2. The number of methoxy groups -OCH3 is 1. The van der Waals surface area contributed by atoms with Gasteiger partial charge >= 0.3 is 5.97 Å². The number of hydrogen-bond acceptors (Lipinski definition) is 3.